The molecule has 0 bridgehead atoms. The Hall–Kier alpha value is -2.57. The van der Waals surface area contributed by atoms with Crippen LogP contribution in [0.5, 0.6) is 5.75 Å². The highest BCUT2D eigenvalue weighted by Crippen LogP contribution is 2.25. The number of likely N-dealkylation sites (N-methyl/N-ethyl adjacent to an activating group) is 1. The van der Waals surface area contributed by atoms with E-state index in [2.05, 4.69) is 44.6 Å². The molecule has 6 heteroatoms. The summed E-state index contributed by atoms with van der Waals surface area (Å²) in [7, 11) is 2.17. The van der Waals surface area contributed by atoms with Crippen LogP contribution in [0.15, 0.2) is 48.8 Å². The number of rotatable bonds is 5. The van der Waals surface area contributed by atoms with Gasteiger partial charge < -0.3 is 19.6 Å². The van der Waals surface area contributed by atoms with Crippen LogP contribution in [-0.2, 0) is 0 Å². The summed E-state index contributed by atoms with van der Waals surface area (Å²) in [6, 6.07) is 14.3. The van der Waals surface area contributed by atoms with Crippen LogP contribution in [0.4, 0.5) is 5.69 Å². The van der Waals surface area contributed by atoms with Crippen LogP contribution in [0.1, 0.15) is 0 Å². The summed E-state index contributed by atoms with van der Waals surface area (Å²) in [5.41, 5.74) is 4.37. The number of aromatic nitrogens is 2. The summed E-state index contributed by atoms with van der Waals surface area (Å²) < 4.78 is 7.50. The van der Waals surface area contributed by atoms with Gasteiger partial charge in [-0.15, -0.1) is 0 Å². The Bertz CT molecular complexity index is 867. The molecule has 0 spiro atoms. The van der Waals surface area contributed by atoms with E-state index in [1.807, 2.05) is 30.6 Å². The van der Waals surface area contributed by atoms with Crippen LogP contribution in [0, 0.1) is 0 Å². The second kappa shape index (κ2) is 7.35. The van der Waals surface area contributed by atoms with E-state index >= 15 is 0 Å². The summed E-state index contributed by atoms with van der Waals surface area (Å²) >= 11 is 0. The molecule has 3 aromatic rings. The van der Waals surface area contributed by atoms with E-state index in [1.54, 1.807) is 0 Å². The van der Waals surface area contributed by atoms with Crippen molar-refractivity contribution in [3.05, 3.63) is 48.8 Å². The van der Waals surface area contributed by atoms with Crippen molar-refractivity contribution in [1.82, 2.24) is 14.5 Å². The fraction of sp³-hybridized carbons (Fsp3) is 0.350. The summed E-state index contributed by atoms with van der Waals surface area (Å²) in [5, 5.41) is 8.84. The van der Waals surface area contributed by atoms with Crippen molar-refractivity contribution in [1.29, 1.82) is 0 Å². The monoisotopic (exact) mass is 352 g/mol. The number of anilines is 1. The Balaban J connectivity index is 1.57. The molecule has 1 fully saturated rings. The molecular formula is C20H24N4O2. The van der Waals surface area contributed by atoms with Crippen LogP contribution >= 0.6 is 0 Å². The Morgan fingerprint density at radius 3 is 2.46 bits per heavy atom. The highest BCUT2D eigenvalue weighted by molar-refractivity contribution is 5.81. The number of piperazine rings is 1. The number of ether oxygens (including phenoxy) is 1. The molecule has 0 atom stereocenters. The molecule has 0 amide bonds. The SMILES string of the molecule is CN1CCN(c2ccc3c(c2)ncn3-c2ccc(OCCO)cc2)CC1. The van der Waals surface area contributed by atoms with Crippen LogP contribution < -0.4 is 9.64 Å². The highest BCUT2D eigenvalue weighted by atomic mass is 16.5. The fourth-order valence-electron chi connectivity index (χ4n) is 3.33. The van der Waals surface area contributed by atoms with Crippen molar-refractivity contribution < 1.29 is 9.84 Å². The van der Waals surface area contributed by atoms with Gasteiger partial charge in [0.25, 0.3) is 0 Å². The third-order valence-corrected chi connectivity index (χ3v) is 4.87. The van der Waals surface area contributed by atoms with Crippen molar-refractivity contribution >= 4 is 16.7 Å². The largest absolute Gasteiger partial charge is 0.491 e. The molecule has 1 aliphatic rings. The average molecular weight is 352 g/mol. The zero-order valence-electron chi connectivity index (χ0n) is 15.0. The van der Waals surface area contributed by atoms with E-state index in [1.165, 1.54) is 5.69 Å². The van der Waals surface area contributed by atoms with Gasteiger partial charge in [-0.3, -0.25) is 4.57 Å². The lowest BCUT2D eigenvalue weighted by atomic mass is 10.2. The second-order valence-corrected chi connectivity index (χ2v) is 6.64. The molecule has 2 heterocycles. The average Bonchev–Trinajstić information content (AvgIpc) is 3.10. The Morgan fingerprint density at radius 1 is 1.00 bits per heavy atom. The second-order valence-electron chi connectivity index (χ2n) is 6.64. The maximum atomic E-state index is 8.84. The molecule has 4 rings (SSSR count). The van der Waals surface area contributed by atoms with Crippen molar-refractivity contribution in [2.75, 3.05) is 51.3 Å². The Labute approximate surface area is 153 Å². The number of fused-ring (bicyclic) bond motifs is 1. The summed E-state index contributed by atoms with van der Waals surface area (Å²) in [6.07, 6.45) is 1.86. The molecule has 1 aromatic heterocycles. The first-order chi connectivity index (χ1) is 12.7. The minimum absolute atomic E-state index is 0.0174. The van der Waals surface area contributed by atoms with Gasteiger partial charge in [-0.05, 0) is 49.5 Å². The van der Waals surface area contributed by atoms with Gasteiger partial charge in [0.15, 0.2) is 0 Å². The first kappa shape index (κ1) is 16.9. The topological polar surface area (TPSA) is 53.8 Å². The third-order valence-electron chi connectivity index (χ3n) is 4.87. The predicted octanol–water partition coefficient (Wildman–Crippen LogP) is 2.15. The molecule has 0 radical (unpaired) electrons. The first-order valence-electron chi connectivity index (χ1n) is 8.99. The molecule has 6 nitrogen and oxygen atoms in total. The van der Waals surface area contributed by atoms with Crippen LogP contribution in [0.2, 0.25) is 0 Å². The lowest BCUT2D eigenvalue weighted by Gasteiger charge is -2.34. The number of hydrogen-bond acceptors (Lipinski definition) is 5. The van der Waals surface area contributed by atoms with Gasteiger partial charge in [0.05, 0.1) is 17.6 Å². The lowest BCUT2D eigenvalue weighted by molar-refractivity contribution is 0.201. The van der Waals surface area contributed by atoms with Gasteiger partial charge in [0.2, 0.25) is 0 Å². The standard InChI is InChI=1S/C20H24N4O2/c1-22-8-10-23(11-9-22)17-4-7-20-19(14-17)21-15-24(20)16-2-5-18(6-3-16)26-13-12-25/h2-7,14-15,25H,8-13H2,1H3. The molecule has 0 aliphatic carbocycles. The van der Waals surface area contributed by atoms with Crippen molar-refractivity contribution in [3.8, 4) is 11.4 Å². The zero-order chi connectivity index (χ0) is 17.9. The molecular weight excluding hydrogens is 328 g/mol. The maximum absolute atomic E-state index is 8.84. The number of imidazole rings is 1. The zero-order valence-corrected chi connectivity index (χ0v) is 15.0. The molecule has 26 heavy (non-hydrogen) atoms. The van der Waals surface area contributed by atoms with E-state index < -0.39 is 0 Å². The smallest absolute Gasteiger partial charge is 0.119 e. The summed E-state index contributed by atoms with van der Waals surface area (Å²) in [5.74, 6) is 0.754. The van der Waals surface area contributed by atoms with Gasteiger partial charge in [-0.25, -0.2) is 4.98 Å². The number of nitrogens with zero attached hydrogens (tertiary/aromatic N) is 4. The third kappa shape index (κ3) is 3.38. The minimum Gasteiger partial charge on any atom is -0.491 e. The normalized spacial score (nSPS) is 15.5. The maximum Gasteiger partial charge on any atom is 0.119 e. The molecule has 2 aromatic carbocycles. The van der Waals surface area contributed by atoms with Gasteiger partial charge in [-0.2, -0.15) is 0 Å². The molecule has 0 unspecified atom stereocenters. The van der Waals surface area contributed by atoms with Crippen molar-refractivity contribution in [3.63, 3.8) is 0 Å². The van der Waals surface area contributed by atoms with Crippen molar-refractivity contribution in [2.24, 2.45) is 0 Å². The van der Waals surface area contributed by atoms with Gasteiger partial charge in [-0.1, -0.05) is 0 Å². The molecule has 1 N–H and O–H groups in total. The summed E-state index contributed by atoms with van der Waals surface area (Å²) in [6.45, 7) is 4.62. The first-order valence-corrected chi connectivity index (χ1v) is 8.99. The van der Waals surface area contributed by atoms with E-state index in [-0.39, 0.29) is 6.61 Å². The molecule has 0 saturated carbocycles. The Kier molecular flexibility index (Phi) is 4.77. The van der Waals surface area contributed by atoms with E-state index in [0.717, 1.165) is 48.6 Å². The van der Waals surface area contributed by atoms with Gasteiger partial charge in [0, 0.05) is 37.6 Å². The van der Waals surface area contributed by atoms with E-state index in [9.17, 15) is 0 Å². The lowest BCUT2D eigenvalue weighted by Crippen LogP contribution is -2.44. The fourth-order valence-corrected chi connectivity index (χ4v) is 3.33. The van der Waals surface area contributed by atoms with Gasteiger partial charge in [0.1, 0.15) is 18.7 Å². The van der Waals surface area contributed by atoms with E-state index in [0.29, 0.717) is 6.61 Å². The Morgan fingerprint density at radius 2 is 1.73 bits per heavy atom. The molecule has 1 aliphatic heterocycles. The molecule has 136 valence electrons. The highest BCUT2D eigenvalue weighted by Gasteiger charge is 2.15. The number of hydrogen-bond donors (Lipinski definition) is 1. The predicted molar refractivity (Wildman–Crippen MR) is 103 cm³/mol. The van der Waals surface area contributed by atoms with Crippen molar-refractivity contribution in [2.45, 2.75) is 0 Å². The quantitative estimate of drug-likeness (QED) is 0.763. The minimum atomic E-state index is 0.0174. The number of aliphatic hydroxyl groups excluding tert-OH is 1. The van der Waals surface area contributed by atoms with Crippen LogP contribution in [0.3, 0.4) is 0 Å². The van der Waals surface area contributed by atoms with Crippen LogP contribution in [0.25, 0.3) is 16.7 Å². The van der Waals surface area contributed by atoms with E-state index in [4.69, 9.17) is 9.84 Å². The number of aliphatic hydroxyl groups is 1. The molecule has 1 saturated heterocycles. The van der Waals surface area contributed by atoms with Gasteiger partial charge >= 0.3 is 0 Å². The summed E-state index contributed by atoms with van der Waals surface area (Å²) in [4.78, 5) is 9.38. The number of benzene rings is 2. The van der Waals surface area contributed by atoms with Crippen LogP contribution in [-0.4, -0.2) is 66.0 Å².